The molecule has 1 N–H and O–H groups in total. The van der Waals surface area contributed by atoms with E-state index in [1.165, 1.54) is 4.90 Å². The monoisotopic (exact) mass is 486 g/mol. The molecule has 2 aromatic carbocycles. The van der Waals surface area contributed by atoms with E-state index in [0.29, 0.717) is 11.5 Å². The summed E-state index contributed by atoms with van der Waals surface area (Å²) in [5, 5.41) is 1.79. The fourth-order valence-electron chi connectivity index (χ4n) is 4.11. The van der Waals surface area contributed by atoms with Crippen LogP contribution >= 0.6 is 0 Å². The van der Waals surface area contributed by atoms with Crippen molar-refractivity contribution in [3.63, 3.8) is 0 Å². The number of hydrogen-bond donors (Lipinski definition) is 1. The molecule has 2 aliphatic heterocycles. The molecular formula is C24H26N2O7S. The zero-order chi connectivity index (χ0) is 24.5. The molecule has 2 saturated heterocycles. The molecule has 2 heterocycles. The van der Waals surface area contributed by atoms with Crippen LogP contribution in [0.4, 0.5) is 0 Å². The molecule has 0 spiro atoms. The highest BCUT2D eigenvalue weighted by Gasteiger charge is 2.73. The summed E-state index contributed by atoms with van der Waals surface area (Å²) in [6.45, 7) is 3.03. The molecule has 2 aromatic rings. The van der Waals surface area contributed by atoms with Gasteiger partial charge in [0.15, 0.2) is 23.4 Å². The first-order valence-corrected chi connectivity index (χ1v) is 11.9. The minimum absolute atomic E-state index is 0.00568. The number of methoxy groups -OCH3 is 1. The quantitative estimate of drug-likeness (QED) is 0.340. The lowest BCUT2D eigenvalue weighted by Gasteiger charge is -2.41. The van der Waals surface area contributed by atoms with Crippen molar-refractivity contribution in [1.29, 1.82) is 0 Å². The van der Waals surface area contributed by atoms with Gasteiger partial charge < -0.3 is 24.1 Å². The van der Waals surface area contributed by atoms with Crippen LogP contribution in [0.1, 0.15) is 19.4 Å². The molecule has 9 nitrogen and oxygen atoms in total. The molecule has 2 amide bonds. The zero-order valence-electron chi connectivity index (χ0n) is 19.1. The molecule has 0 aromatic heterocycles. The van der Waals surface area contributed by atoms with Gasteiger partial charge in [-0.1, -0.05) is 30.3 Å². The highest BCUT2D eigenvalue weighted by atomic mass is 32.2. The standard InChI is InChI=1S/C24H26N2O7S/c1-24(2)20(23(29)33-13-15-9-11-16(31-3)12-10-15)26-21(28)19(22(26)34(24)30)25-18(27)14-32-17-7-5-4-6-8-17/h4-12,19-20,22H,13-14H2,1-3H3,(H,25,27)/t19-,20+,22-,34?/m1/s1. The third kappa shape index (κ3) is 4.43. The largest absolute Gasteiger partial charge is 0.614 e. The summed E-state index contributed by atoms with van der Waals surface area (Å²) >= 11 is -1.60. The van der Waals surface area contributed by atoms with E-state index in [1.54, 1.807) is 69.5 Å². The van der Waals surface area contributed by atoms with Crippen LogP contribution in [0.2, 0.25) is 0 Å². The van der Waals surface area contributed by atoms with Gasteiger partial charge in [0.25, 0.3) is 11.8 Å². The number of β-lactam (4-membered cyclic amide) rings is 1. The number of ether oxygens (including phenoxy) is 3. The van der Waals surface area contributed by atoms with Gasteiger partial charge in [-0.25, -0.2) is 4.79 Å². The van der Waals surface area contributed by atoms with Crippen molar-refractivity contribution in [2.75, 3.05) is 13.7 Å². The number of nitrogens with one attached hydrogen (secondary N) is 1. The number of fused-ring (bicyclic) bond motifs is 1. The first-order valence-electron chi connectivity index (χ1n) is 10.7. The minimum Gasteiger partial charge on any atom is -0.614 e. The van der Waals surface area contributed by atoms with Gasteiger partial charge in [0.1, 0.15) is 18.1 Å². The maximum absolute atomic E-state index is 13.2. The molecule has 0 bridgehead atoms. The number of amides is 2. The molecule has 0 aliphatic carbocycles. The fraction of sp³-hybridized carbons (Fsp3) is 0.375. The van der Waals surface area contributed by atoms with Crippen LogP contribution in [0.3, 0.4) is 0 Å². The molecule has 4 atom stereocenters. The molecule has 34 heavy (non-hydrogen) atoms. The summed E-state index contributed by atoms with van der Waals surface area (Å²) in [7, 11) is 1.56. The van der Waals surface area contributed by atoms with Crippen LogP contribution in [-0.4, -0.2) is 63.2 Å². The van der Waals surface area contributed by atoms with Crippen LogP contribution in [0.5, 0.6) is 11.5 Å². The van der Waals surface area contributed by atoms with E-state index in [0.717, 1.165) is 5.56 Å². The number of benzene rings is 2. The van der Waals surface area contributed by atoms with Crippen molar-refractivity contribution >= 4 is 29.0 Å². The second-order valence-electron chi connectivity index (χ2n) is 8.54. The topological polar surface area (TPSA) is 117 Å². The normalized spacial score (nSPS) is 24.6. The first-order chi connectivity index (χ1) is 16.2. The van der Waals surface area contributed by atoms with E-state index < -0.39 is 51.2 Å². The lowest BCUT2D eigenvalue weighted by atomic mass is 9.96. The number of carbonyl (C=O) groups is 3. The van der Waals surface area contributed by atoms with E-state index in [1.807, 2.05) is 6.07 Å². The van der Waals surface area contributed by atoms with Crippen LogP contribution in [0.25, 0.3) is 0 Å². The molecular weight excluding hydrogens is 460 g/mol. The minimum atomic E-state index is -1.60. The van der Waals surface area contributed by atoms with Gasteiger partial charge in [-0.15, -0.1) is 0 Å². The zero-order valence-corrected chi connectivity index (χ0v) is 19.9. The summed E-state index contributed by atoms with van der Waals surface area (Å²) in [5.41, 5.74) is 0.751. The van der Waals surface area contributed by atoms with Crippen molar-refractivity contribution in [2.45, 2.75) is 42.7 Å². The lowest BCUT2D eigenvalue weighted by molar-refractivity contribution is -0.165. The number of rotatable bonds is 8. The molecule has 0 saturated carbocycles. The Hall–Kier alpha value is -3.24. The molecule has 2 fully saturated rings. The molecule has 0 radical (unpaired) electrons. The van der Waals surface area contributed by atoms with Gasteiger partial charge in [-0.3, -0.25) is 14.5 Å². The Morgan fingerprint density at radius 1 is 1.09 bits per heavy atom. The Balaban J connectivity index is 1.38. The van der Waals surface area contributed by atoms with E-state index in [2.05, 4.69) is 5.32 Å². The predicted octanol–water partition coefficient (Wildman–Crippen LogP) is 1.38. The maximum atomic E-state index is 13.2. The van der Waals surface area contributed by atoms with Crippen molar-refractivity contribution in [3.8, 4) is 11.5 Å². The number of para-hydroxylation sites is 1. The lowest BCUT2D eigenvalue weighted by Crippen LogP contribution is -2.72. The Kier molecular flexibility index (Phi) is 6.72. The van der Waals surface area contributed by atoms with Gasteiger partial charge in [-0.2, -0.15) is 0 Å². The van der Waals surface area contributed by atoms with Gasteiger partial charge in [0.2, 0.25) is 5.37 Å². The van der Waals surface area contributed by atoms with Gasteiger partial charge in [0.05, 0.1) is 7.11 Å². The SMILES string of the molecule is COc1ccc(COC(=O)[C@@H]2N3C(=O)[C@@H](NC(=O)COc4ccccc4)[C@H]3[S+]([O-])C2(C)C)cc1. The summed E-state index contributed by atoms with van der Waals surface area (Å²) in [6.07, 6.45) is 0. The summed E-state index contributed by atoms with van der Waals surface area (Å²) in [6, 6.07) is 13.8. The highest BCUT2D eigenvalue weighted by Crippen LogP contribution is 2.46. The number of hydrogen-bond acceptors (Lipinski definition) is 7. The summed E-state index contributed by atoms with van der Waals surface area (Å²) in [4.78, 5) is 39.4. The second-order valence-corrected chi connectivity index (χ2v) is 10.7. The van der Waals surface area contributed by atoms with Gasteiger partial charge in [0, 0.05) is 0 Å². The van der Waals surface area contributed by atoms with Crippen molar-refractivity contribution in [3.05, 3.63) is 60.2 Å². The van der Waals surface area contributed by atoms with Crippen molar-refractivity contribution in [2.24, 2.45) is 0 Å². The second kappa shape index (κ2) is 9.55. The van der Waals surface area contributed by atoms with E-state index >= 15 is 0 Å². The number of esters is 1. The Labute approximate surface area is 200 Å². The first kappa shape index (κ1) is 23.9. The highest BCUT2D eigenvalue weighted by molar-refractivity contribution is 7.94. The predicted molar refractivity (Wildman–Crippen MR) is 123 cm³/mol. The number of carbonyl (C=O) groups excluding carboxylic acids is 3. The van der Waals surface area contributed by atoms with Crippen LogP contribution in [-0.2, 0) is 36.9 Å². The Morgan fingerprint density at radius 3 is 2.41 bits per heavy atom. The third-order valence-electron chi connectivity index (χ3n) is 5.95. The van der Waals surface area contributed by atoms with Crippen LogP contribution in [0.15, 0.2) is 54.6 Å². The van der Waals surface area contributed by atoms with E-state index in [-0.39, 0.29) is 13.2 Å². The number of nitrogens with zero attached hydrogens (tertiary/aromatic N) is 1. The maximum Gasteiger partial charge on any atom is 0.334 e. The average molecular weight is 487 g/mol. The van der Waals surface area contributed by atoms with Gasteiger partial charge >= 0.3 is 5.97 Å². The molecule has 10 heteroatoms. The van der Waals surface area contributed by atoms with E-state index in [9.17, 15) is 18.9 Å². The molecule has 4 rings (SSSR count). The molecule has 1 unspecified atom stereocenters. The summed E-state index contributed by atoms with van der Waals surface area (Å²) in [5.74, 6) is -0.420. The average Bonchev–Trinajstić information content (AvgIpc) is 3.03. The molecule has 180 valence electrons. The summed E-state index contributed by atoms with van der Waals surface area (Å²) < 4.78 is 28.1. The Bertz CT molecular complexity index is 1060. The van der Waals surface area contributed by atoms with Crippen molar-refractivity contribution in [1.82, 2.24) is 10.2 Å². The third-order valence-corrected chi connectivity index (χ3v) is 8.15. The fourth-order valence-corrected chi connectivity index (χ4v) is 6.03. The van der Waals surface area contributed by atoms with Crippen LogP contribution < -0.4 is 14.8 Å². The van der Waals surface area contributed by atoms with Gasteiger partial charge in [-0.05, 0) is 54.9 Å². The van der Waals surface area contributed by atoms with Crippen LogP contribution in [0, 0.1) is 0 Å². The molecule has 2 aliphatic rings. The van der Waals surface area contributed by atoms with E-state index in [4.69, 9.17) is 14.2 Å². The smallest absolute Gasteiger partial charge is 0.334 e. The van der Waals surface area contributed by atoms with Crippen molar-refractivity contribution < 1.29 is 33.1 Å². The Morgan fingerprint density at radius 2 is 1.76 bits per heavy atom.